The minimum Gasteiger partial charge on any atom is -0.377 e. The van der Waals surface area contributed by atoms with Gasteiger partial charge >= 0.3 is 0 Å². The summed E-state index contributed by atoms with van der Waals surface area (Å²) in [6, 6.07) is 11.9. The Hall–Kier alpha value is -3.08. The van der Waals surface area contributed by atoms with Crippen molar-refractivity contribution in [3.63, 3.8) is 0 Å². The number of likely N-dealkylation sites (tertiary alicyclic amines) is 1. The lowest BCUT2D eigenvalue weighted by atomic mass is 10.1. The van der Waals surface area contributed by atoms with Gasteiger partial charge in [0.05, 0.1) is 5.56 Å². The van der Waals surface area contributed by atoms with Crippen molar-refractivity contribution in [2.24, 2.45) is 0 Å². The molecule has 10 heteroatoms. The predicted octanol–water partition coefficient (Wildman–Crippen LogP) is 3.38. The number of rotatable bonds is 9. The van der Waals surface area contributed by atoms with E-state index in [1.165, 1.54) is 62.7 Å². The van der Waals surface area contributed by atoms with Gasteiger partial charge in [0.1, 0.15) is 5.82 Å². The van der Waals surface area contributed by atoms with Gasteiger partial charge in [-0.1, -0.05) is 18.6 Å². The first-order chi connectivity index (χ1) is 16.5. The Morgan fingerprint density at radius 2 is 1.68 bits per heavy atom. The monoisotopic (exact) mass is 487 g/mol. The Morgan fingerprint density at radius 1 is 0.941 bits per heavy atom. The number of carbonyl (C=O) groups excluding carboxylic acids is 2. The van der Waals surface area contributed by atoms with E-state index in [0.29, 0.717) is 17.8 Å². The zero-order valence-corrected chi connectivity index (χ0v) is 19.8. The predicted molar refractivity (Wildman–Crippen MR) is 133 cm³/mol. The number of hydrogen-bond donors (Lipinski definition) is 4. The number of hydrogen-bond acceptors (Lipinski definition) is 6. The van der Waals surface area contributed by atoms with E-state index in [-0.39, 0.29) is 10.7 Å². The summed E-state index contributed by atoms with van der Waals surface area (Å²) in [7, 11) is 0. The molecule has 8 nitrogen and oxygen atoms in total. The van der Waals surface area contributed by atoms with Crippen LogP contribution in [0.25, 0.3) is 0 Å². The highest BCUT2D eigenvalue weighted by atomic mass is 32.1. The molecule has 0 bridgehead atoms. The van der Waals surface area contributed by atoms with Gasteiger partial charge < -0.3 is 15.1 Å². The van der Waals surface area contributed by atoms with E-state index in [0.717, 1.165) is 19.4 Å². The number of thiocarbonyl (C=S) groups is 1. The van der Waals surface area contributed by atoms with Gasteiger partial charge in [0, 0.05) is 17.8 Å². The normalized spacial score (nSPS) is 13.7. The fourth-order valence-electron chi connectivity index (χ4n) is 3.59. The molecule has 182 valence electrons. The number of nitrogens with one attached hydrogen (secondary N) is 4. The second-order valence-corrected chi connectivity index (χ2v) is 8.35. The Kier molecular flexibility index (Phi) is 10.2. The minimum atomic E-state index is -0.604. The molecule has 0 spiro atoms. The van der Waals surface area contributed by atoms with Crippen LogP contribution in [0.3, 0.4) is 0 Å². The van der Waals surface area contributed by atoms with Crippen molar-refractivity contribution in [3.05, 3.63) is 65.5 Å². The molecule has 1 aliphatic heterocycles. The molecule has 0 unspecified atom stereocenters. The van der Waals surface area contributed by atoms with E-state index in [1.807, 2.05) is 0 Å². The number of anilines is 1. The van der Waals surface area contributed by atoms with Crippen LogP contribution in [0.15, 0.2) is 48.5 Å². The molecule has 0 radical (unpaired) electrons. The molecule has 4 N–H and O–H groups in total. The zero-order chi connectivity index (χ0) is 24.2. The zero-order valence-electron chi connectivity index (χ0n) is 18.9. The number of benzene rings is 2. The van der Waals surface area contributed by atoms with Crippen molar-refractivity contribution in [3.8, 4) is 0 Å². The number of nitrogens with zero attached hydrogens (tertiary/aromatic N) is 1. The third kappa shape index (κ3) is 8.36. The van der Waals surface area contributed by atoms with Gasteiger partial charge in [-0.05, 0) is 93.9 Å². The number of piperidine rings is 1. The van der Waals surface area contributed by atoms with Gasteiger partial charge in [-0.25, -0.2) is 4.39 Å². The molecule has 2 aromatic rings. The third-order valence-corrected chi connectivity index (χ3v) is 5.60. The van der Waals surface area contributed by atoms with Crippen molar-refractivity contribution in [2.45, 2.75) is 32.1 Å². The van der Waals surface area contributed by atoms with Crippen molar-refractivity contribution < 1.29 is 18.8 Å². The highest BCUT2D eigenvalue weighted by molar-refractivity contribution is 7.80. The maximum Gasteiger partial charge on any atom is 0.296 e. The number of unbranched alkanes of at least 4 members (excludes halogenated alkanes) is 1. The lowest BCUT2D eigenvalue weighted by Gasteiger charge is -2.26. The molecule has 2 amide bonds. The maximum atomic E-state index is 13.7. The van der Waals surface area contributed by atoms with Gasteiger partial charge in [-0.3, -0.25) is 20.4 Å². The number of hydrazine groups is 1. The van der Waals surface area contributed by atoms with Crippen molar-refractivity contribution in [1.82, 2.24) is 21.2 Å². The molecule has 1 aliphatic rings. The molecule has 2 aromatic carbocycles. The molecule has 0 saturated carbocycles. The number of hydroxylamine groups is 1. The summed E-state index contributed by atoms with van der Waals surface area (Å²) in [6.07, 6.45) is 5.98. The van der Waals surface area contributed by atoms with Gasteiger partial charge in [0.15, 0.2) is 0 Å². The Balaban J connectivity index is 1.30. The molecule has 3 rings (SSSR count). The summed E-state index contributed by atoms with van der Waals surface area (Å²) in [4.78, 5) is 32.1. The maximum absolute atomic E-state index is 13.7. The SMILES string of the molecule is O=C(NNC(=S)ONCCCCN1CCCCC1)c1ccc(NC(=O)c2ccccc2F)cc1. The van der Waals surface area contributed by atoms with Gasteiger partial charge in [0.25, 0.3) is 17.0 Å². The van der Waals surface area contributed by atoms with Gasteiger partial charge in [-0.15, -0.1) is 0 Å². The molecule has 1 fully saturated rings. The second-order valence-electron chi connectivity index (χ2n) is 7.98. The number of amides is 2. The number of carbonyl (C=O) groups is 2. The quantitative estimate of drug-likeness (QED) is 0.245. The lowest BCUT2D eigenvalue weighted by Crippen LogP contribution is -2.43. The Labute approximate surface area is 204 Å². The highest BCUT2D eigenvalue weighted by Gasteiger charge is 2.12. The first-order valence-electron chi connectivity index (χ1n) is 11.4. The first-order valence-corrected chi connectivity index (χ1v) is 11.8. The topological polar surface area (TPSA) is 94.7 Å². The smallest absolute Gasteiger partial charge is 0.296 e. The fourth-order valence-corrected chi connectivity index (χ4v) is 3.70. The molecule has 1 heterocycles. The van der Waals surface area contributed by atoms with Crippen LogP contribution in [0.4, 0.5) is 10.1 Å². The highest BCUT2D eigenvalue weighted by Crippen LogP contribution is 2.13. The van der Waals surface area contributed by atoms with Crippen LogP contribution in [0, 0.1) is 5.82 Å². The van der Waals surface area contributed by atoms with E-state index < -0.39 is 17.6 Å². The van der Waals surface area contributed by atoms with E-state index in [2.05, 4.69) is 26.5 Å². The third-order valence-electron chi connectivity index (χ3n) is 5.42. The van der Waals surface area contributed by atoms with Crippen molar-refractivity contribution in [2.75, 3.05) is 31.5 Å². The molecule has 34 heavy (non-hydrogen) atoms. The van der Waals surface area contributed by atoms with Crippen LogP contribution in [-0.2, 0) is 4.84 Å². The van der Waals surface area contributed by atoms with Crippen LogP contribution < -0.4 is 21.6 Å². The van der Waals surface area contributed by atoms with Gasteiger partial charge in [0.2, 0.25) is 0 Å². The van der Waals surface area contributed by atoms with Crippen LogP contribution in [-0.4, -0.2) is 48.1 Å². The molecular weight excluding hydrogens is 457 g/mol. The molecule has 1 saturated heterocycles. The largest absolute Gasteiger partial charge is 0.377 e. The van der Waals surface area contributed by atoms with Crippen LogP contribution in [0.5, 0.6) is 0 Å². The lowest BCUT2D eigenvalue weighted by molar-refractivity contribution is 0.0932. The minimum absolute atomic E-state index is 0.00171. The standard InChI is InChI=1S/C24H30FN5O3S/c25-21-9-3-2-8-20(21)23(32)27-19-12-10-18(11-13-19)22(31)28-29-24(34)33-26-14-4-7-17-30-15-5-1-6-16-30/h2-3,8-13,26H,1,4-7,14-17H2,(H,27,32)(H,28,31)(H,29,34). The Bertz CT molecular complexity index is 967. The van der Waals surface area contributed by atoms with Crippen molar-refractivity contribution in [1.29, 1.82) is 0 Å². The molecule has 0 aromatic heterocycles. The summed E-state index contributed by atoms with van der Waals surface area (Å²) < 4.78 is 13.7. The van der Waals surface area contributed by atoms with E-state index in [9.17, 15) is 14.0 Å². The van der Waals surface area contributed by atoms with Crippen LogP contribution >= 0.6 is 12.2 Å². The Morgan fingerprint density at radius 3 is 2.41 bits per heavy atom. The average Bonchev–Trinajstić information content (AvgIpc) is 2.86. The number of halogens is 1. The molecular formula is C24H30FN5O3S. The molecule has 0 atom stereocenters. The fraction of sp³-hybridized carbons (Fsp3) is 0.375. The summed E-state index contributed by atoms with van der Waals surface area (Å²) in [5, 5.41) is 2.59. The summed E-state index contributed by atoms with van der Waals surface area (Å²) in [5.74, 6) is -1.61. The van der Waals surface area contributed by atoms with E-state index in [4.69, 9.17) is 17.1 Å². The second kappa shape index (κ2) is 13.6. The van der Waals surface area contributed by atoms with Crippen LogP contribution in [0.1, 0.15) is 52.8 Å². The van der Waals surface area contributed by atoms with Crippen molar-refractivity contribution >= 4 is 34.9 Å². The summed E-state index contributed by atoms with van der Waals surface area (Å²) in [6.45, 7) is 4.15. The molecule has 0 aliphatic carbocycles. The summed E-state index contributed by atoms with van der Waals surface area (Å²) >= 11 is 5.03. The average molecular weight is 488 g/mol. The summed E-state index contributed by atoms with van der Waals surface area (Å²) in [5.41, 5.74) is 8.47. The first kappa shape index (κ1) is 25.5. The van der Waals surface area contributed by atoms with E-state index in [1.54, 1.807) is 18.2 Å². The van der Waals surface area contributed by atoms with Crippen LogP contribution in [0.2, 0.25) is 0 Å². The van der Waals surface area contributed by atoms with E-state index >= 15 is 0 Å². The van der Waals surface area contributed by atoms with Gasteiger partial charge in [-0.2, -0.15) is 5.48 Å².